The lowest BCUT2D eigenvalue weighted by Gasteiger charge is -2.12. The summed E-state index contributed by atoms with van der Waals surface area (Å²) in [6, 6.07) is 13.0. The fraction of sp³-hybridized carbons (Fsp3) is 0.208. The van der Waals surface area contributed by atoms with Crippen LogP contribution in [0.1, 0.15) is 12.5 Å². The van der Waals surface area contributed by atoms with Crippen LogP contribution < -0.4 is 4.74 Å². The highest BCUT2D eigenvalue weighted by Crippen LogP contribution is 2.39. The van der Waals surface area contributed by atoms with Crippen molar-refractivity contribution in [1.82, 2.24) is 25.0 Å². The van der Waals surface area contributed by atoms with Crippen LogP contribution in [0.4, 0.5) is 0 Å². The maximum atomic E-state index is 12.5. The third-order valence-electron chi connectivity index (χ3n) is 5.64. The zero-order valence-electron chi connectivity index (χ0n) is 18.3. The molecule has 0 aliphatic heterocycles. The van der Waals surface area contributed by atoms with E-state index in [9.17, 15) is 8.42 Å². The van der Waals surface area contributed by atoms with Crippen molar-refractivity contribution >= 4 is 31.8 Å². The minimum Gasteiger partial charge on any atom is -0.489 e. The van der Waals surface area contributed by atoms with E-state index < -0.39 is 9.84 Å². The molecule has 0 saturated carbocycles. The van der Waals surface area contributed by atoms with Crippen molar-refractivity contribution in [1.29, 1.82) is 0 Å². The molecule has 5 rings (SSSR count). The van der Waals surface area contributed by atoms with Gasteiger partial charge in [0.2, 0.25) is 0 Å². The van der Waals surface area contributed by atoms with Crippen LogP contribution in [0.15, 0.2) is 66.0 Å². The van der Waals surface area contributed by atoms with Gasteiger partial charge in [0.15, 0.2) is 9.84 Å². The molecule has 5 aromatic rings. The maximum absolute atomic E-state index is 12.5. The monoisotopic (exact) mass is 461 g/mol. The van der Waals surface area contributed by atoms with Gasteiger partial charge in [-0.1, -0.05) is 24.3 Å². The number of pyridine rings is 1. The first kappa shape index (κ1) is 21.1. The molecule has 0 aliphatic rings. The van der Waals surface area contributed by atoms with E-state index >= 15 is 0 Å². The van der Waals surface area contributed by atoms with Crippen LogP contribution in [0.5, 0.6) is 5.75 Å². The fourth-order valence-corrected chi connectivity index (χ4v) is 4.88. The number of nitrogens with one attached hydrogen (secondary N) is 1. The summed E-state index contributed by atoms with van der Waals surface area (Å²) >= 11 is 0. The van der Waals surface area contributed by atoms with Crippen molar-refractivity contribution < 1.29 is 13.2 Å². The Kier molecular flexibility index (Phi) is 5.33. The van der Waals surface area contributed by atoms with Crippen LogP contribution in [0.3, 0.4) is 0 Å². The second kappa shape index (κ2) is 8.32. The van der Waals surface area contributed by atoms with E-state index in [4.69, 9.17) is 4.74 Å². The van der Waals surface area contributed by atoms with Crippen LogP contribution in [0, 0.1) is 6.92 Å². The van der Waals surface area contributed by atoms with Crippen molar-refractivity contribution in [2.75, 3.05) is 12.4 Å². The molecule has 0 radical (unpaired) electrons. The Hall–Kier alpha value is -3.72. The van der Waals surface area contributed by atoms with Gasteiger partial charge in [-0.15, -0.1) is 5.10 Å². The van der Waals surface area contributed by atoms with Crippen molar-refractivity contribution in [3.05, 3.63) is 66.6 Å². The number of hydrogen-bond acceptors (Lipinski definition) is 6. The highest BCUT2D eigenvalue weighted by Gasteiger charge is 2.18. The predicted molar refractivity (Wildman–Crippen MR) is 127 cm³/mol. The number of hydrogen-bond donors (Lipinski definition) is 1. The average Bonchev–Trinajstić information content (AvgIpc) is 3.47. The number of aryl methyl sites for hydroxylation is 1. The van der Waals surface area contributed by atoms with Gasteiger partial charge < -0.3 is 9.72 Å². The Morgan fingerprint density at radius 1 is 1.15 bits per heavy atom. The van der Waals surface area contributed by atoms with Gasteiger partial charge in [0.25, 0.3) is 0 Å². The second-order valence-electron chi connectivity index (χ2n) is 7.84. The van der Waals surface area contributed by atoms with Gasteiger partial charge in [-0.05, 0) is 53.9 Å². The lowest BCUT2D eigenvalue weighted by atomic mass is 9.99. The minimum atomic E-state index is -3.32. The smallest absolute Gasteiger partial charge is 0.178 e. The summed E-state index contributed by atoms with van der Waals surface area (Å²) in [6.07, 6.45) is 5.23. The lowest BCUT2D eigenvalue weighted by molar-refractivity contribution is 0.292. The molecule has 3 aromatic heterocycles. The number of sulfone groups is 1. The summed E-state index contributed by atoms with van der Waals surface area (Å²) in [6.45, 7) is 4.64. The minimum absolute atomic E-state index is 0.0562. The number of nitrogens with zero attached hydrogens (tertiary/aromatic N) is 4. The molecule has 0 fully saturated rings. The molecule has 2 aromatic carbocycles. The Labute approximate surface area is 191 Å². The third-order valence-corrected chi connectivity index (χ3v) is 7.37. The first-order valence-electron chi connectivity index (χ1n) is 10.7. The number of ether oxygens (including phenoxy) is 1. The average molecular weight is 462 g/mol. The zero-order chi connectivity index (χ0) is 23.0. The number of rotatable bonds is 7. The van der Waals surface area contributed by atoms with Gasteiger partial charge in [0.05, 0.1) is 28.9 Å². The van der Waals surface area contributed by atoms with Gasteiger partial charge in [0, 0.05) is 23.2 Å². The van der Waals surface area contributed by atoms with Gasteiger partial charge in [-0.3, -0.25) is 0 Å². The molecule has 8 nitrogen and oxygen atoms in total. The molecule has 0 unspecified atom stereocenters. The van der Waals surface area contributed by atoms with Crippen molar-refractivity contribution in [2.45, 2.75) is 25.3 Å². The Balaban J connectivity index is 1.65. The highest BCUT2D eigenvalue weighted by atomic mass is 32.2. The first-order chi connectivity index (χ1) is 16.0. The number of H-pyrrole nitrogens is 1. The highest BCUT2D eigenvalue weighted by molar-refractivity contribution is 7.91. The van der Waals surface area contributed by atoms with E-state index in [-0.39, 0.29) is 5.75 Å². The molecule has 0 bridgehead atoms. The topological polar surface area (TPSA) is 103 Å². The van der Waals surface area contributed by atoms with Gasteiger partial charge in [-0.25, -0.2) is 18.1 Å². The van der Waals surface area contributed by atoms with Gasteiger partial charge >= 0.3 is 0 Å². The van der Waals surface area contributed by atoms with Crippen LogP contribution in [-0.2, 0) is 16.4 Å². The predicted octanol–water partition coefficient (Wildman–Crippen LogP) is 4.16. The Bertz CT molecular complexity index is 1560. The molecule has 168 valence electrons. The Morgan fingerprint density at radius 2 is 2.03 bits per heavy atom. The molecule has 0 saturated heterocycles. The molecular weight excluding hydrogens is 438 g/mol. The number of fused-ring (bicyclic) bond motifs is 3. The van der Waals surface area contributed by atoms with Gasteiger partial charge in [-0.2, -0.15) is 0 Å². The van der Waals surface area contributed by atoms with Gasteiger partial charge in [0.1, 0.15) is 18.0 Å². The maximum Gasteiger partial charge on any atom is 0.178 e. The Morgan fingerprint density at radius 3 is 2.82 bits per heavy atom. The van der Waals surface area contributed by atoms with Crippen molar-refractivity contribution in [3.63, 3.8) is 0 Å². The van der Waals surface area contributed by atoms with E-state index in [2.05, 4.69) is 26.3 Å². The molecule has 0 spiro atoms. The normalized spacial score (nSPS) is 11.9. The quantitative estimate of drug-likeness (QED) is 0.390. The van der Waals surface area contributed by atoms with E-state index in [1.807, 2.05) is 31.3 Å². The summed E-state index contributed by atoms with van der Waals surface area (Å²) < 4.78 is 32.8. The SMILES string of the molecule is CCS(=O)(=O)c1cccc(-c2ccc(OCCn3ccnn3)c3[nH]c4ncc(C)cc4c23)c1. The van der Waals surface area contributed by atoms with Crippen molar-refractivity contribution in [2.24, 2.45) is 0 Å². The molecule has 3 heterocycles. The zero-order valence-corrected chi connectivity index (χ0v) is 19.1. The molecule has 33 heavy (non-hydrogen) atoms. The number of benzene rings is 2. The number of aromatic amines is 1. The standard InChI is InChI=1S/C24H23N5O3S/c1-3-33(30,31)18-6-4-5-17(14-18)19-7-8-21(32-12-11-29-10-9-26-28-29)23-22(19)20-13-16(2)15-25-24(20)27-23/h4-10,13-15H,3,11-12H2,1-2H3,(H,25,27). The van der Waals surface area contributed by atoms with Crippen LogP contribution >= 0.6 is 0 Å². The summed E-state index contributed by atoms with van der Waals surface area (Å²) in [5.41, 5.74) is 4.35. The molecular formula is C24H23N5O3S. The molecule has 9 heteroatoms. The lowest BCUT2D eigenvalue weighted by Crippen LogP contribution is -2.09. The van der Waals surface area contributed by atoms with E-state index in [0.717, 1.165) is 38.6 Å². The molecule has 0 amide bonds. The van der Waals surface area contributed by atoms with E-state index in [0.29, 0.717) is 23.8 Å². The van der Waals surface area contributed by atoms with Crippen molar-refractivity contribution in [3.8, 4) is 16.9 Å². The number of aromatic nitrogens is 5. The van der Waals surface area contributed by atoms with Crippen LogP contribution in [0.25, 0.3) is 33.1 Å². The molecule has 0 atom stereocenters. The third kappa shape index (κ3) is 3.95. The summed E-state index contributed by atoms with van der Waals surface area (Å²) in [4.78, 5) is 8.27. The largest absolute Gasteiger partial charge is 0.489 e. The molecule has 1 N–H and O–H groups in total. The fourth-order valence-electron chi connectivity index (χ4n) is 3.95. The second-order valence-corrected chi connectivity index (χ2v) is 10.1. The summed E-state index contributed by atoms with van der Waals surface area (Å²) in [7, 11) is -3.32. The summed E-state index contributed by atoms with van der Waals surface area (Å²) in [5, 5.41) is 9.69. The van der Waals surface area contributed by atoms with Crippen LogP contribution in [0.2, 0.25) is 0 Å². The van der Waals surface area contributed by atoms with E-state index in [1.165, 1.54) is 0 Å². The molecule has 0 aliphatic carbocycles. The summed E-state index contributed by atoms with van der Waals surface area (Å²) in [5.74, 6) is 0.752. The van der Waals surface area contributed by atoms with Crippen LogP contribution in [-0.4, -0.2) is 45.7 Å². The van der Waals surface area contributed by atoms with E-state index in [1.54, 1.807) is 42.2 Å². The first-order valence-corrected chi connectivity index (χ1v) is 12.3.